The van der Waals surface area contributed by atoms with Crippen molar-refractivity contribution in [3.8, 4) is 5.75 Å². The third-order valence-electron chi connectivity index (χ3n) is 2.68. The van der Waals surface area contributed by atoms with Crippen LogP contribution in [-0.4, -0.2) is 25.3 Å². The summed E-state index contributed by atoms with van der Waals surface area (Å²) in [7, 11) is 1.65. The number of hydrogen-bond donors (Lipinski definition) is 2. The van der Waals surface area contributed by atoms with Crippen molar-refractivity contribution in [2.45, 2.75) is 6.04 Å². The maximum atomic E-state index is 5.72. The molecular weight excluding hydrogens is 262 g/mol. The van der Waals surface area contributed by atoms with Gasteiger partial charge in [0, 0.05) is 23.7 Å². The van der Waals surface area contributed by atoms with Crippen LogP contribution in [0.15, 0.2) is 36.0 Å². The largest absolute Gasteiger partial charge is 0.491 e. The van der Waals surface area contributed by atoms with Crippen LogP contribution in [0.5, 0.6) is 5.75 Å². The Morgan fingerprint density at radius 1 is 1.37 bits per heavy atom. The molecular formula is C13H17N3O2S. The molecule has 1 aromatic carbocycles. The highest BCUT2D eigenvalue weighted by atomic mass is 32.1. The monoisotopic (exact) mass is 279 g/mol. The molecule has 1 atom stereocenters. The van der Waals surface area contributed by atoms with Crippen molar-refractivity contribution in [3.05, 3.63) is 46.4 Å². The Balaban J connectivity index is 2.22. The highest BCUT2D eigenvalue weighted by Gasteiger charge is 2.18. The van der Waals surface area contributed by atoms with Crippen molar-refractivity contribution in [1.29, 1.82) is 0 Å². The Morgan fingerprint density at radius 2 is 2.21 bits per heavy atom. The number of rotatable bonds is 7. The molecule has 0 aliphatic rings. The number of hydrogen-bond acceptors (Lipinski definition) is 6. The second kappa shape index (κ2) is 7.20. The molecule has 0 spiro atoms. The maximum absolute atomic E-state index is 5.72. The fourth-order valence-corrected chi connectivity index (χ4v) is 2.48. The molecule has 5 nitrogen and oxygen atoms in total. The molecule has 102 valence electrons. The van der Waals surface area contributed by atoms with Crippen molar-refractivity contribution in [2.75, 3.05) is 20.3 Å². The zero-order valence-corrected chi connectivity index (χ0v) is 11.5. The molecule has 1 unspecified atom stereocenters. The van der Waals surface area contributed by atoms with Gasteiger partial charge < -0.3 is 9.47 Å². The van der Waals surface area contributed by atoms with Crippen molar-refractivity contribution in [2.24, 2.45) is 5.84 Å². The van der Waals surface area contributed by atoms with Crippen LogP contribution >= 0.6 is 11.3 Å². The molecule has 0 bridgehead atoms. The molecule has 19 heavy (non-hydrogen) atoms. The van der Waals surface area contributed by atoms with E-state index in [9.17, 15) is 0 Å². The van der Waals surface area contributed by atoms with E-state index in [1.165, 1.54) is 0 Å². The van der Waals surface area contributed by atoms with E-state index < -0.39 is 0 Å². The van der Waals surface area contributed by atoms with Crippen LogP contribution in [-0.2, 0) is 4.74 Å². The van der Waals surface area contributed by atoms with Gasteiger partial charge in [-0.15, -0.1) is 11.3 Å². The van der Waals surface area contributed by atoms with E-state index in [4.69, 9.17) is 15.3 Å². The topological polar surface area (TPSA) is 69.4 Å². The van der Waals surface area contributed by atoms with Gasteiger partial charge in [-0.1, -0.05) is 18.2 Å². The Hall–Kier alpha value is -1.47. The standard InChI is InChI=1S/C13H17N3O2S/c1-17-6-7-18-11-5-3-2-4-10(11)13(16-14)12-8-15-9-19-12/h2-5,8-9,13,16H,6-7,14H2,1H3. The molecule has 2 rings (SSSR count). The minimum atomic E-state index is -0.119. The first-order chi connectivity index (χ1) is 9.36. The molecule has 0 aliphatic carbocycles. The van der Waals surface area contributed by atoms with E-state index >= 15 is 0 Å². The molecule has 0 amide bonds. The second-order valence-corrected chi connectivity index (χ2v) is 4.80. The summed E-state index contributed by atoms with van der Waals surface area (Å²) in [5, 5.41) is 0. The van der Waals surface area contributed by atoms with Crippen molar-refractivity contribution in [1.82, 2.24) is 10.4 Å². The summed E-state index contributed by atoms with van der Waals surface area (Å²) in [6, 6.07) is 7.70. The third-order valence-corrected chi connectivity index (χ3v) is 3.52. The fraction of sp³-hybridized carbons (Fsp3) is 0.308. The number of ether oxygens (including phenoxy) is 2. The van der Waals surface area contributed by atoms with Gasteiger partial charge in [0.15, 0.2) is 0 Å². The van der Waals surface area contributed by atoms with E-state index in [-0.39, 0.29) is 6.04 Å². The van der Waals surface area contributed by atoms with Crippen molar-refractivity contribution < 1.29 is 9.47 Å². The molecule has 6 heteroatoms. The zero-order valence-electron chi connectivity index (χ0n) is 10.7. The lowest BCUT2D eigenvalue weighted by atomic mass is 10.1. The molecule has 1 heterocycles. The number of thiazole rings is 1. The van der Waals surface area contributed by atoms with Crippen molar-refractivity contribution in [3.63, 3.8) is 0 Å². The van der Waals surface area contributed by atoms with Crippen molar-refractivity contribution >= 4 is 11.3 Å². The molecule has 1 aromatic heterocycles. The highest BCUT2D eigenvalue weighted by molar-refractivity contribution is 7.09. The highest BCUT2D eigenvalue weighted by Crippen LogP contribution is 2.31. The summed E-state index contributed by atoms with van der Waals surface area (Å²) >= 11 is 1.55. The Bertz CT molecular complexity index is 490. The minimum Gasteiger partial charge on any atom is -0.491 e. The van der Waals surface area contributed by atoms with E-state index in [0.29, 0.717) is 13.2 Å². The lowest BCUT2D eigenvalue weighted by Gasteiger charge is -2.18. The average Bonchev–Trinajstić information content (AvgIpc) is 2.96. The number of nitrogens with zero attached hydrogens (tertiary/aromatic N) is 1. The van der Waals surface area contributed by atoms with Gasteiger partial charge in [-0.2, -0.15) is 0 Å². The van der Waals surface area contributed by atoms with Crippen LogP contribution in [0.2, 0.25) is 0 Å². The molecule has 2 aromatic rings. The summed E-state index contributed by atoms with van der Waals surface area (Å²) < 4.78 is 10.7. The lowest BCUT2D eigenvalue weighted by Crippen LogP contribution is -2.28. The van der Waals surface area contributed by atoms with Crippen LogP contribution < -0.4 is 16.0 Å². The number of nitrogens with one attached hydrogen (secondary N) is 1. The van der Waals surface area contributed by atoms with Gasteiger partial charge in [-0.05, 0) is 6.07 Å². The van der Waals surface area contributed by atoms with E-state index in [1.54, 1.807) is 30.2 Å². The van der Waals surface area contributed by atoms with E-state index in [1.807, 2.05) is 24.3 Å². The van der Waals surface area contributed by atoms with Gasteiger partial charge in [-0.25, -0.2) is 5.43 Å². The summed E-state index contributed by atoms with van der Waals surface area (Å²) in [5.74, 6) is 6.47. The van der Waals surface area contributed by atoms with Gasteiger partial charge in [0.2, 0.25) is 0 Å². The summed E-state index contributed by atoms with van der Waals surface area (Å²) in [6.45, 7) is 1.06. The number of para-hydroxylation sites is 1. The molecule has 3 N–H and O–H groups in total. The van der Waals surface area contributed by atoms with Gasteiger partial charge in [0.05, 0.1) is 18.2 Å². The third kappa shape index (κ3) is 3.51. The van der Waals surface area contributed by atoms with Crippen LogP contribution in [0.25, 0.3) is 0 Å². The maximum Gasteiger partial charge on any atom is 0.124 e. The molecule has 0 aliphatic heterocycles. The number of hydrazine groups is 1. The molecule has 0 saturated carbocycles. The van der Waals surface area contributed by atoms with Gasteiger partial charge in [-0.3, -0.25) is 10.8 Å². The summed E-state index contributed by atoms with van der Waals surface area (Å²) in [5.41, 5.74) is 5.59. The van der Waals surface area contributed by atoms with Gasteiger partial charge in [0.25, 0.3) is 0 Å². The number of aromatic nitrogens is 1. The first-order valence-corrected chi connectivity index (χ1v) is 6.80. The number of nitrogens with two attached hydrogens (primary N) is 1. The predicted octanol–water partition coefficient (Wildman–Crippen LogP) is 1.72. The first-order valence-electron chi connectivity index (χ1n) is 5.92. The lowest BCUT2D eigenvalue weighted by molar-refractivity contribution is 0.145. The molecule has 0 fully saturated rings. The van der Waals surface area contributed by atoms with Crippen LogP contribution in [0.3, 0.4) is 0 Å². The zero-order chi connectivity index (χ0) is 13.5. The average molecular weight is 279 g/mol. The molecule has 0 radical (unpaired) electrons. The first kappa shape index (κ1) is 14.0. The van der Waals surface area contributed by atoms with Crippen LogP contribution in [0.4, 0.5) is 0 Å². The Labute approximate surface area is 116 Å². The smallest absolute Gasteiger partial charge is 0.124 e. The fourth-order valence-electron chi connectivity index (χ4n) is 1.78. The van der Waals surface area contributed by atoms with Gasteiger partial charge >= 0.3 is 0 Å². The quantitative estimate of drug-likeness (QED) is 0.459. The second-order valence-electron chi connectivity index (χ2n) is 3.88. The Kier molecular flexibility index (Phi) is 5.29. The van der Waals surface area contributed by atoms with Gasteiger partial charge in [0.1, 0.15) is 12.4 Å². The molecule has 0 saturated heterocycles. The SMILES string of the molecule is COCCOc1ccccc1C(NN)c1cncs1. The Morgan fingerprint density at radius 3 is 2.89 bits per heavy atom. The number of benzene rings is 1. The summed E-state index contributed by atoms with van der Waals surface area (Å²) in [4.78, 5) is 5.13. The minimum absolute atomic E-state index is 0.119. The normalized spacial score (nSPS) is 12.3. The van der Waals surface area contributed by atoms with E-state index in [0.717, 1.165) is 16.2 Å². The predicted molar refractivity (Wildman–Crippen MR) is 75.1 cm³/mol. The number of methoxy groups -OCH3 is 1. The van der Waals surface area contributed by atoms with Crippen LogP contribution in [0, 0.1) is 0 Å². The summed E-state index contributed by atoms with van der Waals surface area (Å²) in [6.07, 6.45) is 1.81. The van der Waals surface area contributed by atoms with Crippen LogP contribution in [0.1, 0.15) is 16.5 Å². The van der Waals surface area contributed by atoms with E-state index in [2.05, 4.69) is 10.4 Å².